The zero-order chi connectivity index (χ0) is 13.9. The third-order valence-electron chi connectivity index (χ3n) is 2.81. The van der Waals surface area contributed by atoms with Gasteiger partial charge >= 0.3 is 11.3 Å². The molecule has 0 fully saturated rings. The molecule has 0 N–H and O–H groups in total. The van der Waals surface area contributed by atoms with E-state index < -0.39 is 11.3 Å². The van der Waals surface area contributed by atoms with Crippen LogP contribution in [-0.2, 0) is 16.6 Å². The average molecular weight is 351 g/mol. The molecule has 0 aliphatic rings. The van der Waals surface area contributed by atoms with Crippen LogP contribution in [0.2, 0.25) is 0 Å². The van der Waals surface area contributed by atoms with Crippen LogP contribution in [0.4, 0.5) is 0 Å². The van der Waals surface area contributed by atoms with Gasteiger partial charge in [0, 0.05) is 10.7 Å². The Bertz CT molecular complexity index is 758. The first-order valence-electron chi connectivity index (χ1n) is 5.98. The van der Waals surface area contributed by atoms with Crippen LogP contribution in [0.15, 0.2) is 54.6 Å². The van der Waals surface area contributed by atoms with Crippen molar-refractivity contribution in [3.63, 3.8) is 0 Å². The Morgan fingerprint density at radius 3 is 2.55 bits per heavy atom. The van der Waals surface area contributed by atoms with Crippen LogP contribution in [0.3, 0.4) is 0 Å². The Hall–Kier alpha value is -1.66. The van der Waals surface area contributed by atoms with Gasteiger partial charge in [-0.05, 0) is 18.2 Å². The highest BCUT2D eigenvalue weighted by Crippen LogP contribution is 2.22. The van der Waals surface area contributed by atoms with E-state index in [0.29, 0.717) is 11.1 Å². The van der Waals surface area contributed by atoms with Crippen LogP contribution in [0, 0.1) is 0 Å². The number of fused-ring (bicyclic) bond motifs is 1. The van der Waals surface area contributed by atoms with Crippen molar-refractivity contribution in [1.29, 1.82) is 0 Å². The molecule has 1 aromatic heterocycles. The van der Waals surface area contributed by atoms with E-state index >= 15 is 0 Å². The third kappa shape index (κ3) is 2.48. The second kappa shape index (κ2) is 5.76. The van der Waals surface area contributed by atoms with Crippen molar-refractivity contribution in [2.45, 2.75) is 5.33 Å². The molecular formula is C14H11BrN2O2S. The van der Waals surface area contributed by atoms with Crippen LogP contribution in [0.5, 0.6) is 5.75 Å². The fourth-order valence-electron chi connectivity index (χ4n) is 1.91. The molecule has 1 atom stereocenters. The summed E-state index contributed by atoms with van der Waals surface area (Å²) in [5, 5.41) is 5.92. The summed E-state index contributed by atoms with van der Waals surface area (Å²) in [5.41, 5.74) is 1.63. The van der Waals surface area contributed by atoms with Crippen molar-refractivity contribution in [1.82, 2.24) is 9.19 Å². The minimum Gasteiger partial charge on any atom is -0.384 e. The maximum Gasteiger partial charge on any atom is 0.340 e. The van der Waals surface area contributed by atoms with Gasteiger partial charge in [-0.15, -0.1) is 4.09 Å². The Morgan fingerprint density at radius 1 is 1.10 bits per heavy atom. The molecule has 102 valence electrons. The summed E-state index contributed by atoms with van der Waals surface area (Å²) < 4.78 is 19.2. The summed E-state index contributed by atoms with van der Waals surface area (Å²) in [4.78, 5) is 0. The van der Waals surface area contributed by atoms with Crippen molar-refractivity contribution in [3.8, 4) is 5.75 Å². The molecule has 0 saturated carbocycles. The van der Waals surface area contributed by atoms with Gasteiger partial charge in [0.05, 0.1) is 11.2 Å². The Balaban J connectivity index is 2.00. The number of halogens is 1. The normalized spacial score (nSPS) is 12.4. The van der Waals surface area contributed by atoms with Gasteiger partial charge in [0.2, 0.25) is 0 Å². The molecular weight excluding hydrogens is 340 g/mol. The third-order valence-corrected chi connectivity index (χ3v) is 4.24. The summed E-state index contributed by atoms with van der Waals surface area (Å²) >= 11 is 1.69. The molecule has 1 unspecified atom stereocenters. The molecule has 0 aliphatic carbocycles. The van der Waals surface area contributed by atoms with Gasteiger partial charge in [-0.3, -0.25) is 0 Å². The molecule has 6 heteroatoms. The van der Waals surface area contributed by atoms with Gasteiger partial charge in [0.1, 0.15) is 5.75 Å². The number of rotatable bonds is 4. The van der Waals surface area contributed by atoms with Gasteiger partial charge < -0.3 is 4.18 Å². The van der Waals surface area contributed by atoms with Crippen LogP contribution >= 0.6 is 15.9 Å². The molecule has 0 amide bonds. The monoisotopic (exact) mass is 350 g/mol. The van der Waals surface area contributed by atoms with Crippen LogP contribution in [0.1, 0.15) is 5.69 Å². The van der Waals surface area contributed by atoms with Crippen LogP contribution < -0.4 is 4.18 Å². The van der Waals surface area contributed by atoms with Crippen molar-refractivity contribution < 1.29 is 8.39 Å². The minimum absolute atomic E-state index is 0.547. The first-order chi connectivity index (χ1) is 9.79. The summed E-state index contributed by atoms with van der Waals surface area (Å²) in [5.74, 6) is 0.547. The largest absolute Gasteiger partial charge is 0.384 e. The standard InChI is InChI=1S/C14H11BrN2O2S/c15-10-13-12-8-4-5-9-14(12)17(16-13)20(18)19-11-6-2-1-3-7-11/h1-9H,10H2. The van der Waals surface area contributed by atoms with E-state index in [9.17, 15) is 4.21 Å². The van der Waals surface area contributed by atoms with Gasteiger partial charge in [0.15, 0.2) is 0 Å². The number of nitrogens with zero attached hydrogens (tertiary/aromatic N) is 2. The van der Waals surface area contributed by atoms with E-state index in [2.05, 4.69) is 21.0 Å². The molecule has 3 rings (SSSR count). The van der Waals surface area contributed by atoms with E-state index in [1.54, 1.807) is 12.1 Å². The van der Waals surface area contributed by atoms with Gasteiger partial charge in [-0.25, -0.2) is 0 Å². The maximum absolute atomic E-state index is 12.3. The summed E-state index contributed by atoms with van der Waals surface area (Å²) in [7, 11) is 0. The lowest BCUT2D eigenvalue weighted by Crippen LogP contribution is -2.12. The zero-order valence-corrected chi connectivity index (χ0v) is 12.8. The summed E-state index contributed by atoms with van der Waals surface area (Å²) in [6.45, 7) is 0. The molecule has 2 aromatic carbocycles. The average Bonchev–Trinajstić information content (AvgIpc) is 2.87. The van der Waals surface area contributed by atoms with E-state index in [0.717, 1.165) is 16.6 Å². The Labute approximate surface area is 127 Å². The fourth-order valence-corrected chi connectivity index (χ4v) is 3.15. The molecule has 0 spiro atoms. The first-order valence-corrected chi connectivity index (χ1v) is 8.13. The number of para-hydroxylation sites is 2. The molecule has 3 aromatic rings. The molecule has 0 aliphatic heterocycles. The summed E-state index contributed by atoms with van der Waals surface area (Å²) in [6, 6.07) is 16.7. The van der Waals surface area contributed by atoms with Gasteiger partial charge in [-0.1, -0.05) is 52.3 Å². The molecule has 4 nitrogen and oxygen atoms in total. The van der Waals surface area contributed by atoms with Crippen LogP contribution in [-0.4, -0.2) is 13.4 Å². The highest BCUT2D eigenvalue weighted by Gasteiger charge is 2.15. The topological polar surface area (TPSA) is 44.1 Å². The number of aromatic nitrogens is 2. The Kier molecular flexibility index (Phi) is 3.84. The van der Waals surface area contributed by atoms with E-state index in [4.69, 9.17) is 4.18 Å². The maximum atomic E-state index is 12.3. The highest BCUT2D eigenvalue weighted by molar-refractivity contribution is 9.08. The van der Waals surface area contributed by atoms with Gasteiger partial charge in [-0.2, -0.15) is 9.31 Å². The minimum atomic E-state index is -1.71. The first kappa shape index (κ1) is 13.3. The van der Waals surface area contributed by atoms with E-state index in [1.807, 2.05) is 42.5 Å². The number of hydrogen-bond donors (Lipinski definition) is 0. The number of benzene rings is 2. The number of alkyl halides is 1. The lowest BCUT2D eigenvalue weighted by molar-refractivity contribution is 0.548. The Morgan fingerprint density at radius 2 is 1.80 bits per heavy atom. The smallest absolute Gasteiger partial charge is 0.340 e. The van der Waals surface area contributed by atoms with Crippen molar-refractivity contribution in [2.75, 3.05) is 0 Å². The second-order valence-electron chi connectivity index (χ2n) is 4.08. The molecule has 0 saturated heterocycles. The molecule has 1 heterocycles. The van der Waals surface area contributed by atoms with Gasteiger partial charge in [0.25, 0.3) is 0 Å². The van der Waals surface area contributed by atoms with Crippen LogP contribution in [0.25, 0.3) is 10.9 Å². The molecule has 0 bridgehead atoms. The van der Waals surface area contributed by atoms with Crippen molar-refractivity contribution in [2.24, 2.45) is 0 Å². The molecule has 20 heavy (non-hydrogen) atoms. The summed E-state index contributed by atoms with van der Waals surface area (Å²) in [6.07, 6.45) is 0. The lowest BCUT2D eigenvalue weighted by Gasteiger charge is -2.04. The van der Waals surface area contributed by atoms with E-state index in [-0.39, 0.29) is 0 Å². The SMILES string of the molecule is O=S(Oc1ccccc1)n1nc(CBr)c2ccccc21. The van der Waals surface area contributed by atoms with Crippen molar-refractivity contribution >= 4 is 38.1 Å². The van der Waals surface area contributed by atoms with Crippen molar-refractivity contribution in [3.05, 3.63) is 60.3 Å². The lowest BCUT2D eigenvalue weighted by atomic mass is 10.2. The molecule has 0 radical (unpaired) electrons. The zero-order valence-electron chi connectivity index (χ0n) is 10.4. The van der Waals surface area contributed by atoms with E-state index in [1.165, 1.54) is 4.09 Å². The highest BCUT2D eigenvalue weighted by atomic mass is 79.9. The quantitative estimate of drug-likeness (QED) is 0.677. The fraction of sp³-hybridized carbons (Fsp3) is 0.0714. The predicted molar refractivity (Wildman–Crippen MR) is 83.0 cm³/mol. The number of hydrogen-bond acceptors (Lipinski definition) is 3. The predicted octanol–water partition coefficient (Wildman–Crippen LogP) is 3.44. The second-order valence-corrected chi connectivity index (χ2v) is 5.59.